The molecule has 2 radical (unpaired) electrons. The first-order valence-corrected chi connectivity index (χ1v) is 5.22. The Morgan fingerprint density at radius 2 is 2.06 bits per heavy atom. The van der Waals surface area contributed by atoms with Gasteiger partial charge in [0.1, 0.15) is 0 Å². The summed E-state index contributed by atoms with van der Waals surface area (Å²) in [6, 6.07) is 7.13. The van der Waals surface area contributed by atoms with Gasteiger partial charge in [-0.05, 0) is 29.0 Å². The summed E-state index contributed by atoms with van der Waals surface area (Å²) in [5, 5.41) is 2.48. The van der Waals surface area contributed by atoms with Crippen LogP contribution in [0, 0.1) is 0 Å². The molecule has 3 nitrogen and oxygen atoms in total. The van der Waals surface area contributed by atoms with Gasteiger partial charge in [-0.3, -0.25) is 4.79 Å². The topological polar surface area (TPSA) is 55.1 Å². The summed E-state index contributed by atoms with van der Waals surface area (Å²) in [5.41, 5.74) is 7.52. The molecular formula is C11H13BN2OS. The fourth-order valence-electron chi connectivity index (χ4n) is 1.24. The molecule has 16 heavy (non-hydrogen) atoms. The lowest BCUT2D eigenvalue weighted by Crippen LogP contribution is -2.22. The maximum absolute atomic E-state index is 10.6. The molecule has 0 spiro atoms. The molecule has 82 valence electrons. The number of hydrogen-bond donors (Lipinski definition) is 3. The van der Waals surface area contributed by atoms with Gasteiger partial charge < -0.3 is 11.1 Å². The number of anilines is 1. The number of hydrogen-bond acceptors (Lipinski definition) is 3. The first-order chi connectivity index (χ1) is 7.49. The Morgan fingerprint density at radius 1 is 1.50 bits per heavy atom. The van der Waals surface area contributed by atoms with E-state index in [-0.39, 0.29) is 6.04 Å². The minimum Gasteiger partial charge on any atom is -0.336 e. The monoisotopic (exact) mass is 232 g/mol. The smallest absolute Gasteiger partial charge is 0.201 e. The standard InChI is InChI=1S/C11H13BN2OS/c1-7(16)10(13)6-8-2-4-9(5-3-8)14-11(12)15/h2-5,10,16H,1,6,13H2,(H,14,15)/t10-/m0/s1. The van der Waals surface area contributed by atoms with Crippen LogP contribution < -0.4 is 11.1 Å². The van der Waals surface area contributed by atoms with Crippen molar-refractivity contribution < 1.29 is 4.79 Å². The molecule has 1 aromatic carbocycles. The first kappa shape index (κ1) is 12.9. The van der Waals surface area contributed by atoms with Crippen molar-refractivity contribution >= 4 is 32.0 Å². The molecule has 1 amide bonds. The lowest BCUT2D eigenvalue weighted by atomic mass is 10.1. The van der Waals surface area contributed by atoms with Crippen LogP contribution in [-0.4, -0.2) is 19.7 Å². The summed E-state index contributed by atoms with van der Waals surface area (Å²) in [7, 11) is 4.99. The van der Waals surface area contributed by atoms with Gasteiger partial charge in [0.25, 0.3) is 0 Å². The van der Waals surface area contributed by atoms with E-state index in [9.17, 15) is 4.79 Å². The Morgan fingerprint density at radius 3 is 2.50 bits per heavy atom. The third kappa shape index (κ3) is 4.12. The first-order valence-electron chi connectivity index (χ1n) is 4.78. The minimum absolute atomic E-state index is 0.168. The maximum Gasteiger partial charge on any atom is 0.201 e. The van der Waals surface area contributed by atoms with Crippen LogP contribution in [0.2, 0.25) is 0 Å². The normalized spacial score (nSPS) is 11.9. The van der Waals surface area contributed by atoms with Crippen molar-refractivity contribution in [2.24, 2.45) is 5.73 Å². The minimum atomic E-state index is -0.576. The summed E-state index contributed by atoms with van der Waals surface area (Å²) in [4.78, 5) is 11.2. The van der Waals surface area contributed by atoms with Gasteiger partial charge in [-0.15, -0.1) is 12.6 Å². The van der Waals surface area contributed by atoms with Crippen molar-refractivity contribution in [3.63, 3.8) is 0 Å². The molecule has 0 fully saturated rings. The number of carbonyl (C=O) groups is 1. The highest BCUT2D eigenvalue weighted by Gasteiger charge is 2.05. The van der Waals surface area contributed by atoms with E-state index in [2.05, 4.69) is 24.5 Å². The average molecular weight is 232 g/mol. The van der Waals surface area contributed by atoms with Crippen LogP contribution in [0.1, 0.15) is 5.56 Å². The summed E-state index contributed by atoms with van der Waals surface area (Å²) in [6.45, 7) is 3.67. The van der Waals surface area contributed by atoms with Gasteiger partial charge >= 0.3 is 0 Å². The molecule has 0 heterocycles. The van der Waals surface area contributed by atoms with E-state index in [0.29, 0.717) is 17.0 Å². The predicted octanol–water partition coefficient (Wildman–Crippen LogP) is 1.70. The zero-order valence-electron chi connectivity index (χ0n) is 8.81. The molecule has 0 bridgehead atoms. The van der Waals surface area contributed by atoms with Gasteiger partial charge in [-0.2, -0.15) is 0 Å². The van der Waals surface area contributed by atoms with Gasteiger partial charge in [0.15, 0.2) is 5.81 Å². The molecule has 3 N–H and O–H groups in total. The Labute approximate surface area is 102 Å². The molecule has 0 aliphatic rings. The van der Waals surface area contributed by atoms with Crippen LogP contribution >= 0.6 is 12.6 Å². The van der Waals surface area contributed by atoms with Crippen LogP contribution in [0.5, 0.6) is 0 Å². The number of rotatable bonds is 4. The molecular weight excluding hydrogens is 219 g/mol. The quantitative estimate of drug-likeness (QED) is 0.546. The Balaban J connectivity index is 2.64. The van der Waals surface area contributed by atoms with Crippen molar-refractivity contribution in [1.29, 1.82) is 0 Å². The third-order valence-electron chi connectivity index (χ3n) is 2.11. The molecule has 0 unspecified atom stereocenters. The molecule has 1 aromatic rings. The number of nitrogens with two attached hydrogens (primary N) is 1. The second kappa shape index (κ2) is 5.77. The molecule has 0 aliphatic heterocycles. The number of carbonyl (C=O) groups excluding carboxylic acids is 1. The van der Waals surface area contributed by atoms with E-state index in [1.165, 1.54) is 0 Å². The highest BCUT2D eigenvalue weighted by atomic mass is 32.1. The maximum atomic E-state index is 10.6. The average Bonchev–Trinajstić information content (AvgIpc) is 2.20. The zero-order chi connectivity index (χ0) is 12.1. The van der Waals surface area contributed by atoms with Crippen LogP contribution in [0.15, 0.2) is 35.7 Å². The lowest BCUT2D eigenvalue weighted by Gasteiger charge is -2.11. The van der Waals surface area contributed by atoms with Crippen molar-refractivity contribution in [3.05, 3.63) is 41.3 Å². The second-order valence-electron chi connectivity index (χ2n) is 3.49. The number of benzene rings is 1. The Hall–Kier alpha value is -1.20. The fourth-order valence-corrected chi connectivity index (χ4v) is 1.33. The second-order valence-corrected chi connectivity index (χ2v) is 4.06. The van der Waals surface area contributed by atoms with Crippen LogP contribution in [0.25, 0.3) is 0 Å². The van der Waals surface area contributed by atoms with Crippen LogP contribution in [0.4, 0.5) is 10.5 Å². The molecule has 1 atom stereocenters. The molecule has 0 saturated carbocycles. The van der Waals surface area contributed by atoms with E-state index < -0.39 is 5.81 Å². The molecule has 0 saturated heterocycles. The zero-order valence-corrected chi connectivity index (χ0v) is 9.71. The van der Waals surface area contributed by atoms with E-state index in [1.807, 2.05) is 12.1 Å². The highest BCUT2D eigenvalue weighted by Crippen LogP contribution is 2.13. The van der Waals surface area contributed by atoms with Crippen molar-refractivity contribution in [3.8, 4) is 0 Å². The Bertz CT molecular complexity index is 391. The molecule has 0 aliphatic carbocycles. The van der Waals surface area contributed by atoms with E-state index >= 15 is 0 Å². The predicted molar refractivity (Wildman–Crippen MR) is 71.0 cm³/mol. The largest absolute Gasteiger partial charge is 0.336 e. The molecule has 0 aromatic heterocycles. The van der Waals surface area contributed by atoms with Gasteiger partial charge in [-0.25, -0.2) is 0 Å². The molecule has 5 heteroatoms. The number of nitrogens with one attached hydrogen (secondary N) is 1. The van der Waals surface area contributed by atoms with Crippen molar-refractivity contribution in [2.75, 3.05) is 5.32 Å². The third-order valence-corrected chi connectivity index (χ3v) is 2.44. The van der Waals surface area contributed by atoms with E-state index in [4.69, 9.17) is 13.6 Å². The van der Waals surface area contributed by atoms with Gasteiger partial charge in [0, 0.05) is 11.7 Å². The highest BCUT2D eigenvalue weighted by molar-refractivity contribution is 7.84. The summed E-state index contributed by atoms with van der Waals surface area (Å²) < 4.78 is 0. The SMILES string of the molecule is [B]C(=O)Nc1ccc(C[C@H](N)C(=C)S)cc1. The van der Waals surface area contributed by atoms with Crippen molar-refractivity contribution in [2.45, 2.75) is 12.5 Å². The summed E-state index contributed by atoms with van der Waals surface area (Å²) in [5.74, 6) is -0.576. The fraction of sp³-hybridized carbons (Fsp3) is 0.182. The number of thiol groups is 1. The van der Waals surface area contributed by atoms with Gasteiger partial charge in [-0.1, -0.05) is 18.7 Å². The number of amides is 1. The van der Waals surface area contributed by atoms with Crippen LogP contribution in [-0.2, 0) is 6.42 Å². The van der Waals surface area contributed by atoms with Gasteiger partial charge in [0.05, 0.1) is 0 Å². The van der Waals surface area contributed by atoms with Crippen molar-refractivity contribution in [1.82, 2.24) is 0 Å². The molecule has 1 rings (SSSR count). The summed E-state index contributed by atoms with van der Waals surface area (Å²) in [6.07, 6.45) is 0.666. The van der Waals surface area contributed by atoms with Crippen LogP contribution in [0.3, 0.4) is 0 Å². The van der Waals surface area contributed by atoms with Gasteiger partial charge in [0.2, 0.25) is 7.85 Å². The van der Waals surface area contributed by atoms with E-state index in [0.717, 1.165) is 5.56 Å². The lowest BCUT2D eigenvalue weighted by molar-refractivity contribution is 0.269. The Kier molecular flexibility index (Phi) is 4.64. The van der Waals surface area contributed by atoms with E-state index in [1.54, 1.807) is 12.1 Å². The summed E-state index contributed by atoms with van der Waals surface area (Å²) >= 11 is 4.10.